The maximum absolute atomic E-state index is 5.86. The first kappa shape index (κ1) is 13.8. The van der Waals surface area contributed by atoms with Crippen molar-refractivity contribution in [2.45, 2.75) is 32.3 Å². The predicted octanol–water partition coefficient (Wildman–Crippen LogP) is 4.12. The van der Waals surface area contributed by atoms with E-state index in [1.807, 2.05) is 24.3 Å². The van der Waals surface area contributed by atoms with Crippen molar-refractivity contribution in [1.29, 1.82) is 0 Å². The fraction of sp³-hybridized carbons (Fsp3) is 0.312. The second-order valence-electron chi connectivity index (χ2n) is 5.24. The van der Waals surface area contributed by atoms with E-state index in [1.165, 1.54) is 41.2 Å². The van der Waals surface area contributed by atoms with Gasteiger partial charge < -0.3 is 4.74 Å². The molecule has 1 aliphatic carbocycles. The topological polar surface area (TPSA) is 47.9 Å². The lowest BCUT2D eigenvalue weighted by Gasteiger charge is -2.06. The molecule has 112 valence electrons. The summed E-state index contributed by atoms with van der Waals surface area (Å²) in [5.41, 5.74) is 4.10. The molecule has 0 saturated heterocycles. The molecule has 1 aliphatic rings. The summed E-state index contributed by atoms with van der Waals surface area (Å²) in [5, 5.41) is 9.94. The van der Waals surface area contributed by atoms with Crippen LogP contribution in [0.15, 0.2) is 29.8 Å². The third-order valence-corrected chi connectivity index (χ3v) is 5.58. The van der Waals surface area contributed by atoms with Gasteiger partial charge in [0.25, 0.3) is 0 Å². The minimum absolute atomic E-state index is 0.551. The zero-order chi connectivity index (χ0) is 14.8. The second kappa shape index (κ2) is 6.14. The van der Waals surface area contributed by atoms with Gasteiger partial charge in [0, 0.05) is 10.4 Å². The molecular formula is C16H15N3OS2. The zero-order valence-corrected chi connectivity index (χ0v) is 13.6. The summed E-state index contributed by atoms with van der Waals surface area (Å²) < 4.78 is 5.86. The number of rotatable bonds is 4. The number of ether oxygens (including phenoxy) is 1. The van der Waals surface area contributed by atoms with Crippen molar-refractivity contribution in [2.75, 3.05) is 0 Å². The van der Waals surface area contributed by atoms with Gasteiger partial charge in [-0.3, -0.25) is 0 Å². The van der Waals surface area contributed by atoms with E-state index >= 15 is 0 Å². The number of hydrogen-bond acceptors (Lipinski definition) is 6. The van der Waals surface area contributed by atoms with E-state index in [-0.39, 0.29) is 0 Å². The van der Waals surface area contributed by atoms with Crippen LogP contribution in [0.25, 0.3) is 10.6 Å². The molecule has 0 unspecified atom stereocenters. The van der Waals surface area contributed by atoms with Crippen molar-refractivity contribution in [1.82, 2.24) is 15.2 Å². The van der Waals surface area contributed by atoms with E-state index < -0.39 is 0 Å². The van der Waals surface area contributed by atoms with Gasteiger partial charge in [0.05, 0.1) is 5.69 Å². The molecular weight excluding hydrogens is 314 g/mol. The molecule has 0 N–H and O–H groups in total. The molecule has 1 aromatic carbocycles. The Morgan fingerprint density at radius 1 is 1.09 bits per heavy atom. The van der Waals surface area contributed by atoms with E-state index in [1.54, 1.807) is 16.8 Å². The van der Waals surface area contributed by atoms with Crippen LogP contribution in [0.3, 0.4) is 0 Å². The van der Waals surface area contributed by atoms with Crippen LogP contribution >= 0.6 is 22.7 Å². The first-order valence-electron chi connectivity index (χ1n) is 7.35. The van der Waals surface area contributed by atoms with E-state index in [9.17, 15) is 0 Å². The smallest absolute Gasteiger partial charge is 0.147 e. The molecule has 0 saturated carbocycles. The third kappa shape index (κ3) is 2.89. The van der Waals surface area contributed by atoms with Crippen molar-refractivity contribution in [3.05, 3.63) is 45.4 Å². The standard InChI is InChI=1S/C16H15N3OS2/c1-2-4-14-13(3-1)18-15(22-14)9-20-12-7-5-11(6-8-12)16-19-17-10-21-16/h5-8,10H,1-4,9H2. The van der Waals surface area contributed by atoms with Crippen molar-refractivity contribution < 1.29 is 4.74 Å². The van der Waals surface area contributed by atoms with Crippen molar-refractivity contribution in [3.63, 3.8) is 0 Å². The van der Waals surface area contributed by atoms with Gasteiger partial charge in [-0.1, -0.05) is 11.3 Å². The molecule has 0 spiro atoms. The lowest BCUT2D eigenvalue weighted by Crippen LogP contribution is -1.99. The van der Waals surface area contributed by atoms with Gasteiger partial charge >= 0.3 is 0 Å². The highest BCUT2D eigenvalue weighted by atomic mass is 32.1. The van der Waals surface area contributed by atoms with Gasteiger partial charge in [0.1, 0.15) is 27.9 Å². The molecule has 0 bridgehead atoms. The summed E-state index contributed by atoms with van der Waals surface area (Å²) in [6, 6.07) is 7.99. The summed E-state index contributed by atoms with van der Waals surface area (Å²) in [5.74, 6) is 0.862. The van der Waals surface area contributed by atoms with E-state index in [4.69, 9.17) is 9.72 Å². The average molecular weight is 329 g/mol. The number of thiazole rings is 1. The largest absolute Gasteiger partial charge is 0.486 e. The molecule has 0 fully saturated rings. The Labute approximate surface area is 136 Å². The maximum Gasteiger partial charge on any atom is 0.147 e. The third-order valence-electron chi connectivity index (χ3n) is 3.71. The van der Waals surface area contributed by atoms with Crippen LogP contribution in [0, 0.1) is 0 Å². The number of fused-ring (bicyclic) bond motifs is 1. The van der Waals surface area contributed by atoms with Gasteiger partial charge in [-0.05, 0) is 49.9 Å². The zero-order valence-electron chi connectivity index (χ0n) is 12.0. The Hall–Kier alpha value is -1.79. The summed E-state index contributed by atoms with van der Waals surface area (Å²) in [4.78, 5) is 6.16. The first-order chi connectivity index (χ1) is 10.9. The van der Waals surface area contributed by atoms with Crippen molar-refractivity contribution in [2.24, 2.45) is 0 Å². The molecule has 4 rings (SSSR count). The minimum Gasteiger partial charge on any atom is -0.486 e. The Morgan fingerprint density at radius 2 is 1.95 bits per heavy atom. The van der Waals surface area contributed by atoms with E-state index in [0.29, 0.717) is 6.61 Å². The van der Waals surface area contributed by atoms with Crippen LogP contribution in [-0.4, -0.2) is 15.2 Å². The molecule has 3 aromatic rings. The second-order valence-corrected chi connectivity index (χ2v) is 7.24. The Kier molecular flexibility index (Phi) is 3.86. The maximum atomic E-state index is 5.86. The van der Waals surface area contributed by atoms with Crippen molar-refractivity contribution >= 4 is 22.7 Å². The molecule has 0 atom stereocenters. The molecule has 0 aliphatic heterocycles. The van der Waals surface area contributed by atoms with Crippen molar-refractivity contribution in [3.8, 4) is 16.3 Å². The van der Waals surface area contributed by atoms with Crippen LogP contribution < -0.4 is 4.74 Å². The lowest BCUT2D eigenvalue weighted by molar-refractivity contribution is 0.305. The van der Waals surface area contributed by atoms with Gasteiger partial charge in [0.15, 0.2) is 0 Å². The average Bonchev–Trinajstić information content (AvgIpc) is 3.22. The normalized spacial score (nSPS) is 13.8. The SMILES string of the molecule is c1nnc(-c2ccc(OCc3nc4c(s3)CCCC4)cc2)s1. The minimum atomic E-state index is 0.551. The van der Waals surface area contributed by atoms with Crippen LogP contribution in [0.2, 0.25) is 0 Å². The van der Waals surface area contributed by atoms with Gasteiger partial charge in [-0.25, -0.2) is 4.98 Å². The lowest BCUT2D eigenvalue weighted by atomic mass is 10.0. The summed E-state index contributed by atoms with van der Waals surface area (Å²) in [6.07, 6.45) is 4.87. The molecule has 0 radical (unpaired) electrons. The number of aromatic nitrogens is 3. The van der Waals surface area contributed by atoms with Gasteiger partial charge in [0.2, 0.25) is 0 Å². The highest BCUT2D eigenvalue weighted by Crippen LogP contribution is 2.28. The Balaban J connectivity index is 1.42. The molecule has 2 aromatic heterocycles. The molecule has 22 heavy (non-hydrogen) atoms. The van der Waals surface area contributed by atoms with Gasteiger partial charge in [-0.2, -0.15) is 0 Å². The first-order valence-corrected chi connectivity index (χ1v) is 9.05. The summed E-state index contributed by atoms with van der Waals surface area (Å²) >= 11 is 3.34. The Morgan fingerprint density at radius 3 is 2.73 bits per heavy atom. The number of aryl methyl sites for hydroxylation is 2. The molecule has 4 nitrogen and oxygen atoms in total. The van der Waals surface area contributed by atoms with Crippen LogP contribution in [-0.2, 0) is 19.4 Å². The highest BCUT2D eigenvalue weighted by molar-refractivity contribution is 7.12. The predicted molar refractivity (Wildman–Crippen MR) is 88.4 cm³/mol. The van der Waals surface area contributed by atoms with Crippen LogP contribution in [0.5, 0.6) is 5.75 Å². The summed E-state index contributed by atoms with van der Waals surface area (Å²) in [7, 11) is 0. The quantitative estimate of drug-likeness (QED) is 0.722. The fourth-order valence-corrected chi connectivity index (χ4v) is 4.24. The molecule has 2 heterocycles. The monoisotopic (exact) mass is 329 g/mol. The number of benzene rings is 1. The summed E-state index contributed by atoms with van der Waals surface area (Å²) in [6.45, 7) is 0.551. The fourth-order valence-electron chi connectivity index (χ4n) is 2.60. The van der Waals surface area contributed by atoms with Crippen LogP contribution in [0.4, 0.5) is 0 Å². The highest BCUT2D eigenvalue weighted by Gasteiger charge is 2.15. The number of hydrogen-bond donors (Lipinski definition) is 0. The number of nitrogens with zero attached hydrogens (tertiary/aromatic N) is 3. The van der Waals surface area contributed by atoms with Gasteiger partial charge in [-0.15, -0.1) is 21.5 Å². The van der Waals surface area contributed by atoms with Crippen LogP contribution in [0.1, 0.15) is 28.4 Å². The van der Waals surface area contributed by atoms with E-state index in [2.05, 4.69) is 10.2 Å². The Bertz CT molecular complexity index is 727. The van der Waals surface area contributed by atoms with E-state index in [0.717, 1.165) is 27.7 Å². The molecule has 0 amide bonds. The molecule has 6 heteroatoms.